The minimum Gasteiger partial charge on any atom is -0.471 e. The number of aromatic nitrogens is 1. The van der Waals surface area contributed by atoms with E-state index in [9.17, 15) is 0 Å². The second-order valence-electron chi connectivity index (χ2n) is 5.68. The van der Waals surface area contributed by atoms with Gasteiger partial charge in [0.25, 0.3) is 0 Å². The van der Waals surface area contributed by atoms with Gasteiger partial charge in [0.05, 0.1) is 10.1 Å². The van der Waals surface area contributed by atoms with Crippen LogP contribution in [0.15, 0.2) is 24.3 Å². The third kappa shape index (κ3) is 1.85. The molecular weight excluding hydrogens is 256 g/mol. The molecule has 2 unspecified atom stereocenters. The highest BCUT2D eigenvalue weighted by Gasteiger charge is 2.41. The first-order chi connectivity index (χ1) is 9.33. The first kappa shape index (κ1) is 11.7. The number of piperidine rings is 3. The second kappa shape index (κ2) is 4.46. The Labute approximate surface area is 117 Å². The lowest BCUT2D eigenvalue weighted by Gasteiger charge is -2.48. The van der Waals surface area contributed by atoms with Crippen LogP contribution in [0.1, 0.15) is 19.8 Å². The summed E-state index contributed by atoms with van der Waals surface area (Å²) >= 11 is 1.54. The predicted molar refractivity (Wildman–Crippen MR) is 77.8 cm³/mol. The van der Waals surface area contributed by atoms with E-state index in [1.54, 1.807) is 0 Å². The van der Waals surface area contributed by atoms with Crippen molar-refractivity contribution in [1.82, 2.24) is 9.27 Å². The summed E-state index contributed by atoms with van der Waals surface area (Å²) in [7, 11) is 0. The Balaban J connectivity index is 1.64. The van der Waals surface area contributed by atoms with Gasteiger partial charge in [0.1, 0.15) is 6.10 Å². The number of hydrogen-bond donors (Lipinski definition) is 0. The fourth-order valence-electron chi connectivity index (χ4n) is 3.53. The molecule has 4 heteroatoms. The zero-order valence-electron chi connectivity index (χ0n) is 11.1. The SMILES string of the molecule is CC1C(Oc2nsc3ccccc23)C2CCN1CC2. The quantitative estimate of drug-likeness (QED) is 0.841. The van der Waals surface area contributed by atoms with E-state index in [0.29, 0.717) is 18.1 Å². The van der Waals surface area contributed by atoms with Crippen LogP contribution in [0.2, 0.25) is 0 Å². The largest absolute Gasteiger partial charge is 0.471 e. The Morgan fingerprint density at radius 3 is 2.84 bits per heavy atom. The van der Waals surface area contributed by atoms with Crippen molar-refractivity contribution in [1.29, 1.82) is 0 Å². The maximum absolute atomic E-state index is 6.31. The molecule has 19 heavy (non-hydrogen) atoms. The van der Waals surface area contributed by atoms with Crippen molar-refractivity contribution < 1.29 is 4.74 Å². The summed E-state index contributed by atoms with van der Waals surface area (Å²) in [5.41, 5.74) is 0. The van der Waals surface area contributed by atoms with Gasteiger partial charge in [0, 0.05) is 6.04 Å². The van der Waals surface area contributed by atoms with E-state index in [1.165, 1.54) is 42.2 Å². The van der Waals surface area contributed by atoms with E-state index in [2.05, 4.69) is 40.5 Å². The normalized spacial score (nSPS) is 33.7. The summed E-state index contributed by atoms with van der Waals surface area (Å²) in [6.07, 6.45) is 2.86. The van der Waals surface area contributed by atoms with Crippen molar-refractivity contribution in [3.8, 4) is 5.88 Å². The lowest BCUT2D eigenvalue weighted by molar-refractivity contribution is -0.0515. The molecular formula is C15H18N2OS. The molecule has 3 aliphatic rings. The number of benzene rings is 1. The summed E-state index contributed by atoms with van der Waals surface area (Å²) in [6, 6.07) is 8.86. The highest BCUT2D eigenvalue weighted by atomic mass is 32.1. The van der Waals surface area contributed by atoms with Gasteiger partial charge in [-0.3, -0.25) is 4.90 Å². The molecule has 2 bridgehead atoms. The van der Waals surface area contributed by atoms with Crippen LogP contribution in [0.3, 0.4) is 0 Å². The molecule has 3 nitrogen and oxygen atoms in total. The Kier molecular flexibility index (Phi) is 2.74. The third-order valence-corrected chi connectivity index (χ3v) is 5.49. The Bertz CT molecular complexity index is 587. The Hall–Kier alpha value is -1.13. The average molecular weight is 274 g/mol. The summed E-state index contributed by atoms with van der Waals surface area (Å²) < 4.78 is 12.0. The number of fused-ring (bicyclic) bond motifs is 4. The van der Waals surface area contributed by atoms with Gasteiger partial charge in [0.2, 0.25) is 5.88 Å². The van der Waals surface area contributed by atoms with Crippen molar-refractivity contribution in [2.45, 2.75) is 31.9 Å². The van der Waals surface area contributed by atoms with Gasteiger partial charge in [-0.1, -0.05) is 12.1 Å². The van der Waals surface area contributed by atoms with Gasteiger partial charge in [-0.2, -0.15) is 4.37 Å². The predicted octanol–water partition coefficient (Wildman–Crippen LogP) is 3.16. The molecule has 1 aromatic carbocycles. The van der Waals surface area contributed by atoms with Gasteiger partial charge >= 0.3 is 0 Å². The molecule has 0 N–H and O–H groups in total. The van der Waals surface area contributed by atoms with Crippen LogP contribution in [-0.2, 0) is 0 Å². The lowest BCUT2D eigenvalue weighted by atomic mass is 9.81. The van der Waals surface area contributed by atoms with Gasteiger partial charge in [-0.15, -0.1) is 0 Å². The Morgan fingerprint density at radius 2 is 2.05 bits per heavy atom. The first-order valence-corrected chi connectivity index (χ1v) is 7.85. The van der Waals surface area contributed by atoms with Crippen LogP contribution in [0.25, 0.3) is 10.1 Å². The summed E-state index contributed by atoms with van der Waals surface area (Å²) in [6.45, 7) is 4.78. The molecule has 3 aliphatic heterocycles. The summed E-state index contributed by atoms with van der Waals surface area (Å²) in [4.78, 5) is 2.55. The van der Waals surface area contributed by atoms with Gasteiger partial charge in [0.15, 0.2) is 0 Å². The second-order valence-corrected chi connectivity index (χ2v) is 6.49. The molecule has 0 aliphatic carbocycles. The van der Waals surface area contributed by atoms with Gasteiger partial charge < -0.3 is 4.74 Å². The molecule has 4 heterocycles. The molecule has 3 fully saturated rings. The van der Waals surface area contributed by atoms with E-state index >= 15 is 0 Å². The van der Waals surface area contributed by atoms with Crippen molar-refractivity contribution in [3.63, 3.8) is 0 Å². The van der Waals surface area contributed by atoms with Crippen molar-refractivity contribution in [3.05, 3.63) is 24.3 Å². The van der Waals surface area contributed by atoms with E-state index < -0.39 is 0 Å². The monoisotopic (exact) mass is 274 g/mol. The minimum atomic E-state index is 0.313. The first-order valence-electron chi connectivity index (χ1n) is 7.08. The standard InChI is InChI=1S/C15H18N2OS/c1-10-14(11-6-8-17(10)9-7-11)18-15-12-4-2-3-5-13(12)19-16-15/h2-5,10-11,14H,6-9H2,1H3. The average Bonchev–Trinajstić information content (AvgIpc) is 2.87. The summed E-state index contributed by atoms with van der Waals surface area (Å²) in [5, 5.41) is 1.16. The Morgan fingerprint density at radius 1 is 1.26 bits per heavy atom. The highest BCUT2D eigenvalue weighted by Crippen LogP contribution is 2.37. The van der Waals surface area contributed by atoms with Crippen LogP contribution < -0.4 is 4.74 Å². The van der Waals surface area contributed by atoms with Crippen molar-refractivity contribution >= 4 is 21.6 Å². The van der Waals surface area contributed by atoms with E-state index in [4.69, 9.17) is 4.74 Å². The molecule has 1 aromatic heterocycles. The maximum Gasteiger partial charge on any atom is 0.233 e. The molecule has 5 rings (SSSR count). The topological polar surface area (TPSA) is 25.4 Å². The molecule has 0 spiro atoms. The van der Waals surface area contributed by atoms with Crippen molar-refractivity contribution in [2.75, 3.05) is 13.1 Å². The minimum absolute atomic E-state index is 0.313. The van der Waals surface area contributed by atoms with Crippen molar-refractivity contribution in [2.24, 2.45) is 5.92 Å². The van der Waals surface area contributed by atoms with Crippen LogP contribution >= 0.6 is 11.5 Å². The molecule has 0 amide bonds. The molecule has 0 radical (unpaired) electrons. The number of ether oxygens (including phenoxy) is 1. The van der Waals surface area contributed by atoms with E-state index in [-0.39, 0.29) is 0 Å². The zero-order valence-corrected chi connectivity index (χ0v) is 11.9. The molecule has 0 saturated carbocycles. The fourth-order valence-corrected chi connectivity index (χ4v) is 4.24. The van der Waals surface area contributed by atoms with Gasteiger partial charge in [-0.25, -0.2) is 0 Å². The highest BCUT2D eigenvalue weighted by molar-refractivity contribution is 7.13. The number of nitrogens with zero attached hydrogens (tertiary/aromatic N) is 2. The summed E-state index contributed by atoms with van der Waals surface area (Å²) in [5.74, 6) is 1.55. The van der Waals surface area contributed by atoms with E-state index in [1.807, 2.05) is 0 Å². The van der Waals surface area contributed by atoms with Crippen LogP contribution in [-0.4, -0.2) is 34.5 Å². The lowest BCUT2D eigenvalue weighted by Crippen LogP contribution is -2.58. The molecule has 2 atom stereocenters. The van der Waals surface area contributed by atoms with E-state index in [0.717, 1.165) is 11.3 Å². The smallest absolute Gasteiger partial charge is 0.233 e. The number of rotatable bonds is 2. The molecule has 100 valence electrons. The third-order valence-electron chi connectivity index (χ3n) is 4.68. The van der Waals surface area contributed by atoms with Crippen LogP contribution in [0, 0.1) is 5.92 Å². The van der Waals surface area contributed by atoms with Crippen LogP contribution in [0.4, 0.5) is 0 Å². The molecule has 3 saturated heterocycles. The molecule has 2 aromatic rings. The van der Waals surface area contributed by atoms with Gasteiger partial charge in [-0.05, 0) is 62.4 Å². The zero-order chi connectivity index (χ0) is 12.8. The number of hydrogen-bond acceptors (Lipinski definition) is 4. The fraction of sp³-hybridized carbons (Fsp3) is 0.533. The van der Waals surface area contributed by atoms with Crippen LogP contribution in [0.5, 0.6) is 5.88 Å². The maximum atomic E-state index is 6.31.